The molecule has 50 heavy (non-hydrogen) atoms. The minimum Gasteiger partial charge on any atom is -0.462 e. The van der Waals surface area contributed by atoms with Gasteiger partial charge in [0.15, 0.2) is 5.78 Å². The molecular weight excluding hydrogens is 632 g/mol. The molecule has 0 radical (unpaired) electrons. The molecule has 6 rings (SSSR count). The molecule has 5 aliphatic carbocycles. The standard InChI is InChI=1S/C41H64N2O7/c1-24(2)33-29(45)23-41(42-35(46)49-26-16-21-43(22-17-26)36(47)50-37(4,5)6)20-13-28-27(34(33)41)11-12-31-39(28,9)18-14-30-38(7,8)32(48-25(3)44)15-19-40(30,31)10/h24,26-28,30-32H,11-23H2,1-10H3,(H,42,46)/t27?,28?,30?,31?,32-,39-,40-,41?/m0/s1. The molecule has 0 bridgehead atoms. The predicted molar refractivity (Wildman–Crippen MR) is 191 cm³/mol. The average Bonchev–Trinajstić information content (AvgIpc) is 3.29. The monoisotopic (exact) mass is 696 g/mol. The number of fused-ring (bicyclic) bond motifs is 7. The molecule has 5 fully saturated rings. The fourth-order valence-corrected chi connectivity index (χ4v) is 12.7. The predicted octanol–water partition coefficient (Wildman–Crippen LogP) is 8.39. The van der Waals surface area contributed by atoms with Crippen LogP contribution in [0.2, 0.25) is 0 Å². The molecule has 0 aromatic carbocycles. The quantitative estimate of drug-likeness (QED) is 0.232. The van der Waals surface area contributed by atoms with Crippen LogP contribution in [0.15, 0.2) is 11.1 Å². The van der Waals surface area contributed by atoms with Crippen molar-refractivity contribution in [3.8, 4) is 0 Å². The van der Waals surface area contributed by atoms with Crippen LogP contribution in [-0.2, 0) is 23.8 Å². The van der Waals surface area contributed by atoms with Crippen LogP contribution in [0.25, 0.3) is 0 Å². The molecule has 5 unspecified atom stereocenters. The molecule has 4 saturated carbocycles. The molecule has 280 valence electrons. The van der Waals surface area contributed by atoms with E-state index in [1.165, 1.54) is 12.5 Å². The van der Waals surface area contributed by atoms with Gasteiger partial charge in [-0.25, -0.2) is 9.59 Å². The molecule has 0 aromatic rings. The SMILES string of the molecule is CC(=O)O[C@H]1CC[C@@]2(C)C(CC[C@@]3(C)C4CCC5(NC(=O)OC6CCN(C(=O)OC(C)(C)C)CC6)CC(=O)C(C(C)C)=C5C4CCC32)C1(C)C. The molecule has 1 aliphatic heterocycles. The van der Waals surface area contributed by atoms with Crippen molar-refractivity contribution in [3.63, 3.8) is 0 Å². The van der Waals surface area contributed by atoms with E-state index in [0.717, 1.165) is 56.9 Å². The number of allylic oxidation sites excluding steroid dienone is 1. The van der Waals surface area contributed by atoms with Crippen molar-refractivity contribution in [2.75, 3.05) is 13.1 Å². The number of Topliss-reactive ketones (excluding diaryl/α,β-unsaturated/α-hetero) is 1. The zero-order chi connectivity index (χ0) is 36.6. The van der Waals surface area contributed by atoms with E-state index in [4.69, 9.17) is 14.2 Å². The lowest BCUT2D eigenvalue weighted by molar-refractivity contribution is -0.211. The Morgan fingerprint density at radius 3 is 2.12 bits per heavy atom. The Hall–Kier alpha value is -2.58. The fraction of sp³-hybridized carbons (Fsp3) is 0.854. The summed E-state index contributed by atoms with van der Waals surface area (Å²) in [5.74, 6) is 1.84. The summed E-state index contributed by atoms with van der Waals surface area (Å²) in [5.41, 5.74) is 1.11. The molecule has 1 heterocycles. The Morgan fingerprint density at radius 2 is 1.50 bits per heavy atom. The summed E-state index contributed by atoms with van der Waals surface area (Å²) in [6, 6.07) is 0. The lowest BCUT2D eigenvalue weighted by Crippen LogP contribution is -2.64. The van der Waals surface area contributed by atoms with Crippen LogP contribution in [0.4, 0.5) is 9.59 Å². The van der Waals surface area contributed by atoms with Gasteiger partial charge in [-0.2, -0.15) is 0 Å². The number of piperidine rings is 1. The van der Waals surface area contributed by atoms with Crippen molar-refractivity contribution in [2.24, 2.45) is 45.8 Å². The number of hydrogen-bond acceptors (Lipinski definition) is 7. The maximum atomic E-state index is 13.9. The average molecular weight is 697 g/mol. The zero-order valence-electron chi connectivity index (χ0n) is 32.5. The molecule has 8 atom stereocenters. The van der Waals surface area contributed by atoms with Crippen LogP contribution >= 0.6 is 0 Å². The summed E-state index contributed by atoms with van der Waals surface area (Å²) >= 11 is 0. The second-order valence-electron chi connectivity index (χ2n) is 19.3. The number of nitrogens with zero attached hydrogens (tertiary/aromatic N) is 1. The number of ether oxygens (including phenoxy) is 3. The summed E-state index contributed by atoms with van der Waals surface area (Å²) in [7, 11) is 0. The second-order valence-corrected chi connectivity index (χ2v) is 19.3. The number of amides is 2. The van der Waals surface area contributed by atoms with Gasteiger partial charge >= 0.3 is 18.2 Å². The van der Waals surface area contributed by atoms with Crippen LogP contribution in [0.5, 0.6) is 0 Å². The van der Waals surface area contributed by atoms with Crippen molar-refractivity contribution in [1.29, 1.82) is 0 Å². The molecular formula is C41H64N2O7. The second kappa shape index (κ2) is 12.8. The summed E-state index contributed by atoms with van der Waals surface area (Å²) in [6.45, 7) is 22.0. The van der Waals surface area contributed by atoms with Crippen molar-refractivity contribution < 1.29 is 33.4 Å². The van der Waals surface area contributed by atoms with Gasteiger partial charge in [-0.1, -0.05) is 41.5 Å². The first-order valence-corrected chi connectivity index (χ1v) is 19.6. The number of hydrogen-bond donors (Lipinski definition) is 1. The Bertz CT molecular complexity index is 1420. The highest BCUT2D eigenvalue weighted by molar-refractivity contribution is 6.02. The first kappa shape index (κ1) is 37.2. The number of likely N-dealkylation sites (tertiary alicyclic amines) is 1. The molecule has 9 nitrogen and oxygen atoms in total. The van der Waals surface area contributed by atoms with Crippen molar-refractivity contribution >= 4 is 23.9 Å². The van der Waals surface area contributed by atoms with Crippen LogP contribution in [0.3, 0.4) is 0 Å². The molecule has 1 saturated heterocycles. The molecule has 9 heteroatoms. The molecule has 6 aliphatic rings. The minimum atomic E-state index is -0.694. The van der Waals surface area contributed by atoms with E-state index in [2.05, 4.69) is 46.9 Å². The highest BCUT2D eigenvalue weighted by Gasteiger charge is 2.67. The maximum absolute atomic E-state index is 13.9. The summed E-state index contributed by atoms with van der Waals surface area (Å²) < 4.78 is 17.5. The van der Waals surface area contributed by atoms with Crippen LogP contribution < -0.4 is 5.32 Å². The van der Waals surface area contributed by atoms with Gasteiger partial charge in [0, 0.05) is 44.7 Å². The third-order valence-corrected chi connectivity index (χ3v) is 14.5. The number of nitrogens with one attached hydrogen (secondary N) is 1. The van der Waals surface area contributed by atoms with E-state index >= 15 is 0 Å². The number of carbonyl (C=O) groups excluding carboxylic acids is 4. The zero-order valence-corrected chi connectivity index (χ0v) is 32.5. The lowest BCUT2D eigenvalue weighted by Gasteiger charge is -2.68. The Labute approximate surface area is 300 Å². The highest BCUT2D eigenvalue weighted by Crippen LogP contribution is 2.72. The summed E-state index contributed by atoms with van der Waals surface area (Å²) in [4.78, 5) is 53.9. The van der Waals surface area contributed by atoms with E-state index in [1.807, 2.05) is 20.8 Å². The van der Waals surface area contributed by atoms with Crippen molar-refractivity contribution in [2.45, 2.75) is 163 Å². The first-order chi connectivity index (χ1) is 23.2. The lowest BCUT2D eigenvalue weighted by atomic mass is 9.37. The summed E-state index contributed by atoms with van der Waals surface area (Å²) in [5, 5.41) is 3.34. The third kappa shape index (κ3) is 6.28. The number of esters is 1. The third-order valence-electron chi connectivity index (χ3n) is 14.5. The number of alkyl carbamates (subject to hydrolysis) is 1. The van der Waals surface area contributed by atoms with E-state index in [9.17, 15) is 19.2 Å². The van der Waals surface area contributed by atoms with E-state index in [0.29, 0.717) is 50.1 Å². The van der Waals surface area contributed by atoms with Crippen molar-refractivity contribution in [3.05, 3.63) is 11.1 Å². The van der Waals surface area contributed by atoms with E-state index < -0.39 is 17.2 Å². The Balaban J connectivity index is 1.20. The van der Waals surface area contributed by atoms with Crippen LogP contribution in [0, 0.1) is 45.8 Å². The molecule has 0 spiro atoms. The van der Waals surface area contributed by atoms with Gasteiger partial charge in [0.2, 0.25) is 0 Å². The number of rotatable bonds is 4. The van der Waals surface area contributed by atoms with Crippen LogP contribution in [-0.4, -0.2) is 65.3 Å². The Morgan fingerprint density at radius 1 is 0.840 bits per heavy atom. The van der Waals surface area contributed by atoms with Gasteiger partial charge in [-0.05, 0) is 124 Å². The van der Waals surface area contributed by atoms with E-state index in [-0.39, 0.29) is 58.1 Å². The number of ketones is 1. The fourth-order valence-electron chi connectivity index (χ4n) is 12.7. The van der Waals surface area contributed by atoms with Gasteiger partial charge in [-0.3, -0.25) is 9.59 Å². The largest absolute Gasteiger partial charge is 0.462 e. The Kier molecular flexibility index (Phi) is 9.54. The minimum absolute atomic E-state index is 0.0410. The van der Waals surface area contributed by atoms with Gasteiger partial charge in [0.1, 0.15) is 17.8 Å². The molecule has 0 aromatic heterocycles. The van der Waals surface area contributed by atoms with Gasteiger partial charge in [0.05, 0.1) is 5.54 Å². The molecule has 1 N–H and O–H groups in total. The van der Waals surface area contributed by atoms with E-state index in [1.54, 1.807) is 4.90 Å². The highest BCUT2D eigenvalue weighted by atomic mass is 16.6. The molecule has 2 amide bonds. The van der Waals surface area contributed by atoms with Crippen molar-refractivity contribution in [1.82, 2.24) is 10.2 Å². The van der Waals surface area contributed by atoms with Gasteiger partial charge in [0.25, 0.3) is 0 Å². The maximum Gasteiger partial charge on any atom is 0.410 e. The van der Waals surface area contributed by atoms with Crippen LogP contribution in [0.1, 0.15) is 140 Å². The smallest absolute Gasteiger partial charge is 0.410 e. The number of carbonyl (C=O) groups is 4. The summed E-state index contributed by atoms with van der Waals surface area (Å²) in [6.07, 6.45) is 8.42. The van der Waals surface area contributed by atoms with Gasteiger partial charge < -0.3 is 24.4 Å². The van der Waals surface area contributed by atoms with Gasteiger partial charge in [-0.15, -0.1) is 0 Å². The normalized spacial score (nSPS) is 38.4. The topological polar surface area (TPSA) is 111 Å². The first-order valence-electron chi connectivity index (χ1n) is 19.6.